The Hall–Kier alpha value is -1.51. The van der Waals surface area contributed by atoms with Crippen LogP contribution in [-0.4, -0.2) is 24.5 Å². The van der Waals surface area contributed by atoms with Crippen molar-refractivity contribution in [1.29, 1.82) is 0 Å². The molecule has 0 N–H and O–H groups in total. The van der Waals surface area contributed by atoms with E-state index in [9.17, 15) is 0 Å². The van der Waals surface area contributed by atoms with Crippen LogP contribution in [0.2, 0.25) is 0 Å². The summed E-state index contributed by atoms with van der Waals surface area (Å²) in [7, 11) is 0. The Morgan fingerprint density at radius 1 is 0.857 bits per heavy atom. The third kappa shape index (κ3) is 5.41. The summed E-state index contributed by atoms with van der Waals surface area (Å²) < 4.78 is 0. The highest BCUT2D eigenvalue weighted by Crippen LogP contribution is 2.27. The Morgan fingerprint density at radius 3 is 2.10 bits per heavy atom. The van der Waals surface area contributed by atoms with Crippen molar-refractivity contribution in [2.24, 2.45) is 0 Å². The highest BCUT2D eigenvalue weighted by Gasteiger charge is 1.97. The summed E-state index contributed by atoms with van der Waals surface area (Å²) in [4.78, 5) is 4.96. The molecule has 0 bridgehead atoms. The van der Waals surface area contributed by atoms with Crippen molar-refractivity contribution in [3.8, 4) is 0 Å². The summed E-state index contributed by atoms with van der Waals surface area (Å²) in [6, 6.07) is 19.2. The molecule has 0 fully saturated rings. The predicted molar refractivity (Wildman–Crippen MR) is 93.8 cm³/mol. The number of nitrogens with zero attached hydrogens (tertiary/aromatic N) is 1. The second-order valence-corrected chi connectivity index (χ2v) is 6.02. The zero-order valence-corrected chi connectivity index (χ0v) is 13.6. The molecule has 0 unspecified atom stereocenters. The molecule has 0 atom stereocenters. The van der Waals surface area contributed by atoms with Gasteiger partial charge in [-0.3, -0.25) is 0 Å². The van der Waals surface area contributed by atoms with Gasteiger partial charge in [-0.25, -0.2) is 0 Å². The maximum atomic E-state index is 2.40. The quantitative estimate of drug-likeness (QED) is 0.691. The van der Waals surface area contributed by atoms with Crippen molar-refractivity contribution in [2.45, 2.75) is 23.6 Å². The van der Waals surface area contributed by atoms with Crippen LogP contribution in [0.3, 0.4) is 0 Å². The molecule has 0 saturated heterocycles. The zero-order chi connectivity index (χ0) is 14.9. The average molecular weight is 297 g/mol. The van der Waals surface area contributed by atoms with Crippen LogP contribution >= 0.6 is 11.8 Å². The molecule has 2 aromatic rings. The lowest BCUT2D eigenvalue weighted by atomic mass is 10.2. The van der Waals surface area contributed by atoms with Crippen molar-refractivity contribution in [1.82, 2.24) is 4.90 Å². The summed E-state index contributed by atoms with van der Waals surface area (Å²) >= 11 is 1.80. The largest absolute Gasteiger partial charge is 0.300 e. The number of hydrogen-bond donors (Lipinski definition) is 0. The molecule has 0 aromatic heterocycles. The molecule has 2 aromatic carbocycles. The van der Waals surface area contributed by atoms with Gasteiger partial charge in [-0.05, 0) is 42.9 Å². The highest BCUT2D eigenvalue weighted by atomic mass is 32.2. The second-order valence-electron chi connectivity index (χ2n) is 4.87. The van der Waals surface area contributed by atoms with E-state index in [2.05, 4.69) is 79.4 Å². The number of benzene rings is 2. The molecular weight excluding hydrogens is 274 g/mol. The summed E-state index contributed by atoms with van der Waals surface area (Å²) in [5.41, 5.74) is 1.26. The zero-order valence-electron chi connectivity index (χ0n) is 12.8. The lowest BCUT2D eigenvalue weighted by Crippen LogP contribution is -2.22. The Bertz CT molecular complexity index is 542. The van der Waals surface area contributed by atoms with Crippen LogP contribution in [0.4, 0.5) is 0 Å². The summed E-state index contributed by atoms with van der Waals surface area (Å²) in [5.74, 6) is 0. The smallest absolute Gasteiger partial charge is 0.0166 e. The topological polar surface area (TPSA) is 3.24 Å². The van der Waals surface area contributed by atoms with Crippen LogP contribution in [0.25, 0.3) is 6.08 Å². The Kier molecular flexibility index (Phi) is 6.58. The van der Waals surface area contributed by atoms with E-state index >= 15 is 0 Å². The molecule has 0 radical (unpaired) electrons. The molecule has 0 heterocycles. The van der Waals surface area contributed by atoms with Gasteiger partial charge in [-0.1, -0.05) is 68.1 Å². The van der Waals surface area contributed by atoms with Crippen molar-refractivity contribution in [3.63, 3.8) is 0 Å². The minimum Gasteiger partial charge on any atom is -0.300 e. The van der Waals surface area contributed by atoms with E-state index < -0.39 is 0 Å². The van der Waals surface area contributed by atoms with Gasteiger partial charge in [0, 0.05) is 16.3 Å². The van der Waals surface area contributed by atoms with Crippen molar-refractivity contribution in [2.75, 3.05) is 19.6 Å². The Balaban J connectivity index is 1.91. The first kappa shape index (κ1) is 15.9. The minimum absolute atomic E-state index is 1.02. The van der Waals surface area contributed by atoms with Gasteiger partial charge in [0.15, 0.2) is 0 Å². The Morgan fingerprint density at radius 2 is 1.48 bits per heavy atom. The normalized spacial score (nSPS) is 11.4. The van der Waals surface area contributed by atoms with E-state index in [1.165, 1.54) is 15.4 Å². The van der Waals surface area contributed by atoms with Crippen LogP contribution in [0.5, 0.6) is 0 Å². The molecule has 0 aliphatic rings. The molecule has 21 heavy (non-hydrogen) atoms. The van der Waals surface area contributed by atoms with Gasteiger partial charge < -0.3 is 4.90 Å². The van der Waals surface area contributed by atoms with Crippen molar-refractivity contribution in [3.05, 3.63) is 66.2 Å². The van der Waals surface area contributed by atoms with Gasteiger partial charge in [0.05, 0.1) is 0 Å². The molecule has 110 valence electrons. The molecule has 2 rings (SSSR count). The minimum atomic E-state index is 1.02. The fraction of sp³-hybridized carbons (Fsp3) is 0.263. The molecular formula is C19H23NS. The average Bonchev–Trinajstić information content (AvgIpc) is 2.54. The summed E-state index contributed by atoms with van der Waals surface area (Å²) in [6.45, 7) is 7.63. The van der Waals surface area contributed by atoms with E-state index in [4.69, 9.17) is 0 Å². The molecule has 2 heteroatoms. The lowest BCUT2D eigenvalue weighted by Gasteiger charge is -2.14. The van der Waals surface area contributed by atoms with Gasteiger partial charge >= 0.3 is 0 Å². The maximum Gasteiger partial charge on any atom is 0.0166 e. The van der Waals surface area contributed by atoms with E-state index in [0.717, 1.165) is 19.6 Å². The Labute approximate surface area is 132 Å². The number of likely N-dealkylation sites (N-methyl/N-ethyl adjacent to an activating group) is 1. The maximum absolute atomic E-state index is 2.40. The van der Waals surface area contributed by atoms with Gasteiger partial charge in [0.2, 0.25) is 0 Å². The molecule has 0 spiro atoms. The second kappa shape index (κ2) is 8.71. The van der Waals surface area contributed by atoms with Gasteiger partial charge in [0.25, 0.3) is 0 Å². The van der Waals surface area contributed by atoms with Crippen molar-refractivity contribution >= 4 is 17.8 Å². The van der Waals surface area contributed by atoms with Gasteiger partial charge in [-0.15, -0.1) is 0 Å². The van der Waals surface area contributed by atoms with Crippen LogP contribution < -0.4 is 0 Å². The molecule has 1 nitrogen and oxygen atoms in total. The lowest BCUT2D eigenvalue weighted by molar-refractivity contribution is 0.338. The molecule has 0 amide bonds. The van der Waals surface area contributed by atoms with E-state index in [-0.39, 0.29) is 0 Å². The van der Waals surface area contributed by atoms with E-state index in [1.54, 1.807) is 11.8 Å². The number of hydrogen-bond acceptors (Lipinski definition) is 2. The monoisotopic (exact) mass is 297 g/mol. The van der Waals surface area contributed by atoms with Crippen molar-refractivity contribution < 1.29 is 0 Å². The number of rotatable bonds is 7. The summed E-state index contributed by atoms with van der Waals surface area (Å²) in [5, 5.41) is 0. The molecule has 0 saturated carbocycles. The molecule has 0 aliphatic carbocycles. The van der Waals surface area contributed by atoms with Crippen LogP contribution in [0.1, 0.15) is 19.4 Å². The standard InChI is InChI=1S/C19H23NS/c1-3-20(4-2)16-8-9-17-12-14-19(15-13-17)21-18-10-6-5-7-11-18/h5-15H,3-4,16H2,1-2H3. The predicted octanol–water partition coefficient (Wildman–Crippen LogP) is 5.19. The summed E-state index contributed by atoms with van der Waals surface area (Å²) in [6.07, 6.45) is 4.45. The SMILES string of the molecule is CCN(CC)CC=Cc1ccc(Sc2ccccc2)cc1. The van der Waals surface area contributed by atoms with Crippen LogP contribution in [-0.2, 0) is 0 Å². The van der Waals surface area contributed by atoms with Gasteiger partial charge in [-0.2, -0.15) is 0 Å². The molecule has 0 aliphatic heterocycles. The van der Waals surface area contributed by atoms with E-state index in [1.807, 2.05) is 6.07 Å². The van der Waals surface area contributed by atoms with Crippen LogP contribution in [0.15, 0.2) is 70.5 Å². The fourth-order valence-corrected chi connectivity index (χ4v) is 2.93. The first-order valence-electron chi connectivity index (χ1n) is 7.53. The highest BCUT2D eigenvalue weighted by molar-refractivity contribution is 7.99. The third-order valence-corrected chi connectivity index (χ3v) is 4.44. The van der Waals surface area contributed by atoms with Gasteiger partial charge in [0.1, 0.15) is 0 Å². The first-order chi connectivity index (χ1) is 10.3. The van der Waals surface area contributed by atoms with E-state index in [0.29, 0.717) is 0 Å². The van der Waals surface area contributed by atoms with Crippen LogP contribution in [0, 0.1) is 0 Å². The third-order valence-electron chi connectivity index (χ3n) is 3.43. The fourth-order valence-electron chi connectivity index (χ4n) is 2.09. The first-order valence-corrected chi connectivity index (χ1v) is 8.35.